The van der Waals surface area contributed by atoms with E-state index in [1.165, 1.54) is 0 Å². The Labute approximate surface area is 125 Å². The number of nitrogens with one attached hydrogen (secondary N) is 2. The van der Waals surface area contributed by atoms with Crippen LogP contribution in [-0.4, -0.2) is 41.5 Å². The van der Waals surface area contributed by atoms with Gasteiger partial charge in [-0.3, -0.25) is 9.59 Å². The van der Waals surface area contributed by atoms with E-state index in [1.807, 2.05) is 20.8 Å². The number of nitrogens with two attached hydrogens (primary N) is 1. The molecule has 0 aromatic carbocycles. The zero-order valence-electron chi connectivity index (χ0n) is 13.2. The Kier molecular flexibility index (Phi) is 8.61. The number of amides is 2. The summed E-state index contributed by atoms with van der Waals surface area (Å²) >= 11 is 0. The van der Waals surface area contributed by atoms with Crippen LogP contribution in [0.4, 0.5) is 0 Å². The third kappa shape index (κ3) is 7.08. The van der Waals surface area contributed by atoms with E-state index in [1.54, 1.807) is 6.92 Å². The third-order valence-corrected chi connectivity index (χ3v) is 3.32. The number of hydrogen-bond acceptors (Lipinski definition) is 4. The second kappa shape index (κ2) is 9.33. The quantitative estimate of drug-likeness (QED) is 0.481. The zero-order valence-corrected chi connectivity index (χ0v) is 13.2. The molecular formula is C14H27N3O4. The van der Waals surface area contributed by atoms with Gasteiger partial charge in [-0.05, 0) is 18.3 Å². The number of carbonyl (C=O) groups excluding carboxylic acids is 2. The summed E-state index contributed by atoms with van der Waals surface area (Å²) in [5, 5.41) is 14.2. The molecule has 0 aliphatic heterocycles. The molecule has 122 valence electrons. The lowest BCUT2D eigenvalue weighted by Gasteiger charge is -2.25. The van der Waals surface area contributed by atoms with E-state index >= 15 is 0 Å². The molecule has 0 saturated carbocycles. The van der Waals surface area contributed by atoms with Crippen LogP contribution in [0.1, 0.15) is 40.5 Å². The summed E-state index contributed by atoms with van der Waals surface area (Å²) in [6.07, 6.45) is 1.05. The first-order chi connectivity index (χ1) is 9.72. The minimum atomic E-state index is -1.08. The molecule has 0 fully saturated rings. The highest BCUT2D eigenvalue weighted by Gasteiger charge is 2.29. The highest BCUT2D eigenvalue weighted by Crippen LogP contribution is 2.10. The normalized spacial score (nSPS) is 15.1. The second-order valence-corrected chi connectivity index (χ2v) is 5.66. The Bertz CT molecular complexity index is 371. The minimum absolute atomic E-state index is 0.172. The van der Waals surface area contributed by atoms with E-state index in [0.717, 1.165) is 0 Å². The highest BCUT2D eigenvalue weighted by molar-refractivity contribution is 5.90. The lowest BCUT2D eigenvalue weighted by atomic mass is 9.97. The lowest BCUT2D eigenvalue weighted by molar-refractivity contribution is -0.143. The van der Waals surface area contributed by atoms with Crippen molar-refractivity contribution in [2.24, 2.45) is 17.6 Å². The summed E-state index contributed by atoms with van der Waals surface area (Å²) < 4.78 is 0. The highest BCUT2D eigenvalue weighted by atomic mass is 16.4. The maximum absolute atomic E-state index is 12.2. The molecule has 21 heavy (non-hydrogen) atoms. The average Bonchev–Trinajstić information content (AvgIpc) is 2.41. The molecule has 0 radical (unpaired) electrons. The molecule has 3 atom stereocenters. The Morgan fingerprint density at radius 2 is 1.71 bits per heavy atom. The molecule has 0 aliphatic carbocycles. The molecule has 3 unspecified atom stereocenters. The van der Waals surface area contributed by atoms with Gasteiger partial charge in [0.1, 0.15) is 12.1 Å². The van der Waals surface area contributed by atoms with Crippen molar-refractivity contribution < 1.29 is 19.5 Å². The number of carbonyl (C=O) groups is 3. The summed E-state index contributed by atoms with van der Waals surface area (Å²) in [4.78, 5) is 34.9. The largest absolute Gasteiger partial charge is 0.480 e. The van der Waals surface area contributed by atoms with Crippen LogP contribution in [0, 0.1) is 11.8 Å². The summed E-state index contributed by atoms with van der Waals surface area (Å²) in [7, 11) is 0. The van der Waals surface area contributed by atoms with Gasteiger partial charge >= 0.3 is 5.97 Å². The molecule has 7 heteroatoms. The third-order valence-electron chi connectivity index (χ3n) is 3.32. The summed E-state index contributed by atoms with van der Waals surface area (Å²) in [5.74, 6) is -2.03. The smallest absolute Gasteiger partial charge is 0.326 e. The molecular weight excluding hydrogens is 274 g/mol. The predicted molar refractivity (Wildman–Crippen MR) is 79.5 cm³/mol. The van der Waals surface area contributed by atoms with E-state index < -0.39 is 29.9 Å². The van der Waals surface area contributed by atoms with Crippen LogP contribution in [0.25, 0.3) is 0 Å². The number of carboxylic acids is 1. The van der Waals surface area contributed by atoms with Crippen LogP contribution in [0.3, 0.4) is 0 Å². The van der Waals surface area contributed by atoms with Gasteiger partial charge in [-0.2, -0.15) is 0 Å². The molecule has 0 aromatic rings. The Morgan fingerprint density at radius 1 is 1.14 bits per heavy atom. The van der Waals surface area contributed by atoms with Crippen LogP contribution in [0.5, 0.6) is 0 Å². The maximum atomic E-state index is 12.2. The summed E-state index contributed by atoms with van der Waals surface area (Å²) in [6.45, 7) is 7.23. The van der Waals surface area contributed by atoms with Crippen LogP contribution in [-0.2, 0) is 14.4 Å². The molecule has 0 heterocycles. The van der Waals surface area contributed by atoms with Crippen molar-refractivity contribution in [3.05, 3.63) is 0 Å². The summed E-state index contributed by atoms with van der Waals surface area (Å²) in [5.41, 5.74) is 5.23. The van der Waals surface area contributed by atoms with E-state index in [0.29, 0.717) is 12.8 Å². The van der Waals surface area contributed by atoms with E-state index in [-0.39, 0.29) is 18.4 Å². The van der Waals surface area contributed by atoms with E-state index in [9.17, 15) is 19.5 Å². The first kappa shape index (κ1) is 19.4. The Morgan fingerprint density at radius 3 is 2.10 bits per heavy atom. The van der Waals surface area contributed by atoms with Gasteiger partial charge in [-0.25, -0.2) is 4.79 Å². The van der Waals surface area contributed by atoms with Crippen molar-refractivity contribution in [2.45, 2.75) is 52.6 Å². The van der Waals surface area contributed by atoms with Gasteiger partial charge in [0, 0.05) is 0 Å². The van der Waals surface area contributed by atoms with Crippen molar-refractivity contribution in [3.63, 3.8) is 0 Å². The standard InChI is InChI=1S/C14H27N3O4/c1-5-9(4)12(14(20)21)17-13(19)10(6-8(2)3)16-11(18)7-15/h8-10,12H,5-7,15H2,1-4H3,(H,16,18)(H,17,19)(H,20,21). The molecule has 0 spiro atoms. The van der Waals surface area contributed by atoms with Crippen LogP contribution < -0.4 is 16.4 Å². The first-order valence-corrected chi connectivity index (χ1v) is 7.25. The molecule has 0 saturated heterocycles. The van der Waals surface area contributed by atoms with E-state index in [2.05, 4.69) is 10.6 Å². The Balaban J connectivity index is 4.92. The monoisotopic (exact) mass is 301 g/mol. The number of hydrogen-bond donors (Lipinski definition) is 4. The first-order valence-electron chi connectivity index (χ1n) is 7.25. The molecule has 5 N–H and O–H groups in total. The SMILES string of the molecule is CCC(C)C(NC(=O)C(CC(C)C)NC(=O)CN)C(=O)O. The van der Waals surface area contributed by atoms with Crippen LogP contribution in [0.15, 0.2) is 0 Å². The van der Waals surface area contributed by atoms with Gasteiger partial charge in [-0.15, -0.1) is 0 Å². The van der Waals surface area contributed by atoms with Gasteiger partial charge in [0.15, 0.2) is 0 Å². The Hall–Kier alpha value is -1.63. The van der Waals surface area contributed by atoms with Gasteiger partial charge < -0.3 is 21.5 Å². The van der Waals surface area contributed by atoms with Gasteiger partial charge in [0.25, 0.3) is 0 Å². The van der Waals surface area contributed by atoms with Gasteiger partial charge in [-0.1, -0.05) is 34.1 Å². The van der Waals surface area contributed by atoms with Crippen molar-refractivity contribution in [3.8, 4) is 0 Å². The molecule has 0 aromatic heterocycles. The maximum Gasteiger partial charge on any atom is 0.326 e. The van der Waals surface area contributed by atoms with Gasteiger partial charge in [0.2, 0.25) is 11.8 Å². The number of carboxylic acid groups (broad SMARTS) is 1. The number of aliphatic carboxylic acids is 1. The number of rotatable bonds is 9. The van der Waals surface area contributed by atoms with E-state index in [4.69, 9.17) is 5.73 Å². The van der Waals surface area contributed by atoms with Crippen LogP contribution >= 0.6 is 0 Å². The predicted octanol–water partition coefficient (Wildman–Crippen LogP) is 0.0915. The molecule has 2 amide bonds. The minimum Gasteiger partial charge on any atom is -0.480 e. The fraction of sp³-hybridized carbons (Fsp3) is 0.786. The van der Waals surface area contributed by atoms with Crippen molar-refractivity contribution >= 4 is 17.8 Å². The van der Waals surface area contributed by atoms with Crippen molar-refractivity contribution in [2.75, 3.05) is 6.54 Å². The van der Waals surface area contributed by atoms with Crippen molar-refractivity contribution in [1.82, 2.24) is 10.6 Å². The molecule has 7 nitrogen and oxygen atoms in total. The summed E-state index contributed by atoms with van der Waals surface area (Å²) in [6, 6.07) is -1.74. The molecule has 0 rings (SSSR count). The topological polar surface area (TPSA) is 122 Å². The molecule has 0 bridgehead atoms. The fourth-order valence-corrected chi connectivity index (χ4v) is 1.89. The fourth-order valence-electron chi connectivity index (χ4n) is 1.89. The lowest BCUT2D eigenvalue weighted by Crippen LogP contribution is -2.54. The average molecular weight is 301 g/mol. The van der Waals surface area contributed by atoms with Crippen molar-refractivity contribution in [1.29, 1.82) is 0 Å². The van der Waals surface area contributed by atoms with Crippen LogP contribution in [0.2, 0.25) is 0 Å². The second-order valence-electron chi connectivity index (χ2n) is 5.66. The molecule has 0 aliphatic rings. The zero-order chi connectivity index (χ0) is 16.6. The van der Waals surface area contributed by atoms with Gasteiger partial charge in [0.05, 0.1) is 6.54 Å².